The molecule has 0 aliphatic carbocycles. The molecule has 16 heteroatoms. The van der Waals surface area contributed by atoms with E-state index in [1.807, 2.05) is 241 Å². The van der Waals surface area contributed by atoms with Gasteiger partial charge in [-0.15, -0.1) is 26.3 Å². The molecule has 0 radical (unpaired) electrons. The molecule has 112 heavy (non-hydrogen) atoms. The second kappa shape index (κ2) is 34.5. The van der Waals surface area contributed by atoms with Crippen molar-refractivity contribution in [3.8, 4) is 91.9 Å². The van der Waals surface area contributed by atoms with E-state index in [0.29, 0.717) is 20.7 Å². The predicted octanol–water partition coefficient (Wildman–Crippen LogP) is 19.5. The third kappa shape index (κ3) is 19.6. The molecule has 12 aromatic rings. The quantitative estimate of drug-likeness (QED) is 0.0552. The molecule has 1 fully saturated rings. The SMILES string of the molecule is C=C[Si](C)(C)O[Si]1(c2ccc(C#Cc3ccc(-c4ccccc4)cc3)cc2)O[Si](O[Si](C)(C)C=C)(c2ccc(C#Cc3ccc(-c4ccccc4)cc3)cc2)O[Si](O[Si](C)(C)C=C)(c2ccc(C#Cc3ccc(-c4ccccc4)cc3)cc2)O[Si](O[Si](C)(C)C=C)(c2ccc(C#Cc3ccc(-c4ccccc4)cc3)cc2)O1. The van der Waals surface area contributed by atoms with Crippen LogP contribution in [0, 0.1) is 47.4 Å². The molecule has 0 spiro atoms. The second-order valence-corrected chi connectivity index (χ2v) is 57.1. The maximum atomic E-state index is 8.55. The fourth-order valence-electron chi connectivity index (χ4n) is 12.3. The van der Waals surface area contributed by atoms with Gasteiger partial charge >= 0.3 is 35.2 Å². The van der Waals surface area contributed by atoms with Gasteiger partial charge in [0, 0.05) is 65.3 Å². The Morgan fingerprint density at radius 2 is 0.339 bits per heavy atom. The first-order chi connectivity index (χ1) is 54.0. The van der Waals surface area contributed by atoms with E-state index in [9.17, 15) is 0 Å². The zero-order valence-electron chi connectivity index (χ0n) is 64.4. The summed E-state index contributed by atoms with van der Waals surface area (Å²) >= 11 is 0. The van der Waals surface area contributed by atoms with Crippen LogP contribution in [0.4, 0.5) is 0 Å². The predicted molar refractivity (Wildman–Crippen MR) is 478 cm³/mol. The lowest BCUT2D eigenvalue weighted by molar-refractivity contribution is 0.105. The van der Waals surface area contributed by atoms with Crippen molar-refractivity contribution in [1.82, 2.24) is 0 Å². The molecular weight excluding hydrogens is 1510 g/mol. The summed E-state index contributed by atoms with van der Waals surface area (Å²) in [6.07, 6.45) is 0. The van der Waals surface area contributed by atoms with E-state index in [2.05, 4.69) is 223 Å². The summed E-state index contributed by atoms with van der Waals surface area (Å²) in [6.45, 7) is 34.3. The van der Waals surface area contributed by atoms with Gasteiger partial charge in [-0.05, 0) is 194 Å². The summed E-state index contributed by atoms with van der Waals surface area (Å²) in [6, 6.07) is 106. The van der Waals surface area contributed by atoms with Crippen molar-refractivity contribution in [2.24, 2.45) is 0 Å². The fourth-order valence-corrected chi connectivity index (χ4v) is 44.9. The van der Waals surface area contributed by atoms with Crippen molar-refractivity contribution < 1.29 is 32.9 Å². The van der Waals surface area contributed by atoms with Gasteiger partial charge in [-0.25, -0.2) is 0 Å². The Hall–Kier alpha value is -10.7. The normalized spacial score (nSPS) is 17.6. The van der Waals surface area contributed by atoms with Crippen LogP contribution >= 0.6 is 0 Å². The zero-order valence-corrected chi connectivity index (χ0v) is 72.4. The van der Waals surface area contributed by atoms with Gasteiger partial charge < -0.3 is 32.9 Å². The molecule has 1 saturated heterocycles. The molecule has 0 unspecified atom stereocenters. The van der Waals surface area contributed by atoms with Crippen molar-refractivity contribution in [2.75, 3.05) is 0 Å². The molecule has 552 valence electrons. The summed E-state index contributed by atoms with van der Waals surface area (Å²) in [7, 11) is -32.4. The zero-order chi connectivity index (χ0) is 78.5. The van der Waals surface area contributed by atoms with E-state index in [1.165, 1.54) is 0 Å². The second-order valence-electron chi connectivity index (χ2n) is 29.4. The minimum Gasteiger partial charge on any atom is -0.409 e. The first-order valence-corrected chi connectivity index (χ1v) is 56.1. The number of hydrogen-bond acceptors (Lipinski definition) is 8. The monoisotopic (exact) mass is 1590 g/mol. The van der Waals surface area contributed by atoms with Gasteiger partial charge in [0.2, 0.25) is 33.3 Å². The van der Waals surface area contributed by atoms with Gasteiger partial charge in [-0.2, -0.15) is 0 Å². The molecule has 8 nitrogen and oxygen atoms in total. The molecule has 0 N–H and O–H groups in total. The van der Waals surface area contributed by atoms with Gasteiger partial charge in [0.25, 0.3) is 0 Å². The maximum Gasteiger partial charge on any atom is 0.512 e. The highest BCUT2D eigenvalue weighted by atomic mass is 28.6. The molecule has 0 amide bonds. The van der Waals surface area contributed by atoms with Crippen LogP contribution in [0.3, 0.4) is 0 Å². The first-order valence-electron chi connectivity index (χ1n) is 37.3. The van der Waals surface area contributed by atoms with Crippen LogP contribution in [0.15, 0.2) is 365 Å². The number of rotatable bonds is 20. The molecule has 1 aliphatic heterocycles. The number of benzene rings is 12. The van der Waals surface area contributed by atoms with Crippen molar-refractivity contribution in [2.45, 2.75) is 52.4 Å². The maximum absolute atomic E-state index is 8.55. The molecule has 13 rings (SSSR count). The molecule has 1 aliphatic rings. The van der Waals surface area contributed by atoms with Crippen LogP contribution < -0.4 is 20.7 Å². The third-order valence-electron chi connectivity index (χ3n) is 19.0. The Morgan fingerprint density at radius 1 is 0.205 bits per heavy atom. The number of hydrogen-bond donors (Lipinski definition) is 0. The Balaban J connectivity index is 1.03. The van der Waals surface area contributed by atoms with E-state index in [0.717, 1.165) is 89.0 Å². The lowest BCUT2D eigenvalue weighted by Crippen LogP contribution is -2.85. The minimum absolute atomic E-state index is 0.562. The Morgan fingerprint density at radius 3 is 0.482 bits per heavy atom. The van der Waals surface area contributed by atoms with Gasteiger partial charge in [-0.3, -0.25) is 0 Å². The van der Waals surface area contributed by atoms with Crippen molar-refractivity contribution in [3.63, 3.8) is 0 Å². The highest BCUT2D eigenvalue weighted by Crippen LogP contribution is 2.40. The smallest absolute Gasteiger partial charge is 0.409 e. The van der Waals surface area contributed by atoms with Gasteiger partial charge in [0.15, 0.2) is 0 Å². The van der Waals surface area contributed by atoms with Gasteiger partial charge in [-0.1, -0.05) is 289 Å². The highest BCUT2D eigenvalue weighted by Gasteiger charge is 2.73. The summed E-state index contributed by atoms with van der Waals surface area (Å²) in [5.74, 6) is 27.5. The standard InChI is InChI=1S/C96H88O8Si8/c1-13-105(5,6)97-109(93-69-53-81(54-70-93)41-37-77-45-61-89(62-46-77)85-29-21-17-22-30-85)101-110(98-106(7,8)14-2,94-71-55-82(56-72-94)42-38-78-47-63-90(64-48-78)86-31-23-18-24-32-86)103-112(100-108(11,12)16-4,96-75-59-84(60-76-96)44-40-80-51-67-92(68-52-80)88-35-27-20-28-36-88)104-111(102-109,99-107(9,10)15-3)95-73-57-83(58-74-95)43-39-79-49-65-91(66-50-79)87-33-25-19-26-34-87/h13-36,45-76H,1-4H2,5-12H3. The molecule has 0 atom stereocenters. The van der Waals surface area contributed by atoms with Crippen LogP contribution in [-0.2, 0) is 32.9 Å². The summed E-state index contributed by atoms with van der Waals surface area (Å²) in [5, 5.41) is 2.25. The molecule has 0 saturated carbocycles. The first kappa shape index (κ1) is 79.3. The molecule has 0 aromatic heterocycles. The lowest BCUT2D eigenvalue weighted by atomic mass is 10.0. The summed E-state index contributed by atoms with van der Waals surface area (Å²) in [5.41, 5.74) is 22.8. The van der Waals surface area contributed by atoms with Gasteiger partial charge in [0.05, 0.1) is 0 Å². The van der Waals surface area contributed by atoms with Crippen LogP contribution in [0.2, 0.25) is 52.4 Å². The van der Waals surface area contributed by atoms with Crippen LogP contribution in [0.5, 0.6) is 0 Å². The average Bonchev–Trinajstić information content (AvgIpc) is 0.705. The minimum atomic E-state index is -4.89. The van der Waals surface area contributed by atoms with Crippen molar-refractivity contribution in [1.29, 1.82) is 0 Å². The molecule has 0 bridgehead atoms. The lowest BCUT2D eigenvalue weighted by Gasteiger charge is -2.53. The van der Waals surface area contributed by atoms with Crippen molar-refractivity contribution in [3.05, 3.63) is 409 Å². The average molecular weight is 1590 g/mol. The topological polar surface area (TPSA) is 73.8 Å². The fraction of sp³-hybridized carbons (Fsp3) is 0.0833. The van der Waals surface area contributed by atoms with E-state index < -0.39 is 68.5 Å². The summed E-state index contributed by atoms with van der Waals surface area (Å²) < 4.78 is 66.3. The van der Waals surface area contributed by atoms with E-state index >= 15 is 0 Å². The van der Waals surface area contributed by atoms with E-state index in [-0.39, 0.29) is 0 Å². The largest absolute Gasteiger partial charge is 0.512 e. The van der Waals surface area contributed by atoms with Crippen molar-refractivity contribution >= 4 is 89.2 Å². The summed E-state index contributed by atoms with van der Waals surface area (Å²) in [4.78, 5) is 0. The Kier molecular flexibility index (Phi) is 24.4. The van der Waals surface area contributed by atoms with Crippen LogP contribution in [0.1, 0.15) is 44.5 Å². The Bertz CT molecular complexity index is 4870. The van der Waals surface area contributed by atoms with E-state index in [4.69, 9.17) is 32.9 Å². The molecule has 1 heterocycles. The van der Waals surface area contributed by atoms with Crippen LogP contribution in [0.25, 0.3) is 44.5 Å². The van der Waals surface area contributed by atoms with Crippen LogP contribution in [-0.4, -0.2) is 68.5 Å². The Labute approximate surface area is 670 Å². The van der Waals surface area contributed by atoms with Gasteiger partial charge in [0.1, 0.15) is 0 Å². The molecule has 12 aromatic carbocycles. The third-order valence-corrected chi connectivity index (χ3v) is 48.4. The molecular formula is C96H88O8Si8. The highest BCUT2D eigenvalue weighted by molar-refractivity contribution is 7.07. The van der Waals surface area contributed by atoms with E-state index in [1.54, 1.807) is 0 Å².